The van der Waals surface area contributed by atoms with Crippen molar-refractivity contribution in [1.82, 2.24) is 15.0 Å². The molecule has 0 radical (unpaired) electrons. The molecule has 1 fully saturated rings. The van der Waals surface area contributed by atoms with Gasteiger partial charge in [0, 0.05) is 36.3 Å². The lowest BCUT2D eigenvalue weighted by Gasteiger charge is -2.31. The molecule has 0 spiro atoms. The fourth-order valence-electron chi connectivity index (χ4n) is 3.90. The van der Waals surface area contributed by atoms with E-state index in [2.05, 4.69) is 34.5 Å². The van der Waals surface area contributed by atoms with Crippen molar-refractivity contribution in [1.29, 1.82) is 0 Å². The molecule has 1 aliphatic rings. The Hall–Kier alpha value is -2.86. The van der Waals surface area contributed by atoms with Gasteiger partial charge in [0.25, 0.3) is 5.91 Å². The van der Waals surface area contributed by atoms with Gasteiger partial charge in [0.1, 0.15) is 0 Å². The Bertz CT molecular complexity index is 1070. The van der Waals surface area contributed by atoms with Crippen LogP contribution in [-0.2, 0) is 0 Å². The lowest BCUT2D eigenvalue weighted by Crippen LogP contribution is -2.38. The van der Waals surface area contributed by atoms with Crippen molar-refractivity contribution in [3.63, 3.8) is 0 Å². The minimum absolute atomic E-state index is 0.0427. The van der Waals surface area contributed by atoms with Crippen molar-refractivity contribution in [3.8, 4) is 10.6 Å². The van der Waals surface area contributed by atoms with E-state index < -0.39 is 0 Å². The van der Waals surface area contributed by atoms with Crippen molar-refractivity contribution < 1.29 is 9.32 Å². The predicted octanol–water partition coefficient (Wildman–Crippen LogP) is 4.90. The Balaban J connectivity index is 1.28. The van der Waals surface area contributed by atoms with Crippen LogP contribution >= 0.6 is 11.3 Å². The molecule has 0 unspecified atom stereocenters. The van der Waals surface area contributed by atoms with E-state index in [0.29, 0.717) is 17.4 Å². The molecule has 136 valence electrons. The maximum atomic E-state index is 12.8. The number of H-pyrrole nitrogens is 1. The molecule has 1 N–H and O–H groups in total. The average molecular weight is 377 g/mol. The Morgan fingerprint density at radius 2 is 2.04 bits per heavy atom. The Morgan fingerprint density at radius 3 is 2.85 bits per heavy atom. The van der Waals surface area contributed by atoms with Crippen LogP contribution in [0.15, 0.2) is 58.6 Å². The molecule has 0 atom stereocenters. The van der Waals surface area contributed by atoms with Crippen LogP contribution in [0.5, 0.6) is 0 Å². The summed E-state index contributed by atoms with van der Waals surface area (Å²) in [7, 11) is 0. The quantitative estimate of drug-likeness (QED) is 0.552. The van der Waals surface area contributed by atoms with E-state index in [1.807, 2.05) is 28.5 Å². The lowest BCUT2D eigenvalue weighted by atomic mass is 9.89. The first-order valence-electron chi connectivity index (χ1n) is 9.15. The van der Waals surface area contributed by atoms with Gasteiger partial charge >= 0.3 is 0 Å². The summed E-state index contributed by atoms with van der Waals surface area (Å²) >= 11 is 1.57. The summed E-state index contributed by atoms with van der Waals surface area (Å²) in [5.41, 5.74) is 2.93. The lowest BCUT2D eigenvalue weighted by molar-refractivity contribution is 0.0703. The summed E-state index contributed by atoms with van der Waals surface area (Å²) in [4.78, 5) is 19.0. The van der Waals surface area contributed by atoms with Crippen LogP contribution in [0.3, 0.4) is 0 Å². The molecule has 0 saturated carbocycles. The Labute approximate surface area is 160 Å². The van der Waals surface area contributed by atoms with E-state index in [1.54, 1.807) is 17.4 Å². The molecule has 4 aromatic rings. The van der Waals surface area contributed by atoms with Crippen molar-refractivity contribution in [3.05, 3.63) is 65.3 Å². The second-order valence-electron chi connectivity index (χ2n) is 6.91. The summed E-state index contributed by atoms with van der Waals surface area (Å²) in [6.07, 6.45) is 4.05. The smallest absolute Gasteiger partial charge is 0.276 e. The number of nitrogens with one attached hydrogen (secondary N) is 1. The van der Waals surface area contributed by atoms with Gasteiger partial charge in [-0.25, -0.2) is 0 Å². The fraction of sp³-hybridized carbons (Fsp3) is 0.238. The SMILES string of the molecule is O=C(c1cc(-c2cccs2)on1)N1CCC(c2c[nH]c3ccccc23)CC1. The van der Waals surface area contributed by atoms with Crippen LogP contribution < -0.4 is 0 Å². The van der Waals surface area contributed by atoms with Gasteiger partial charge in [-0.05, 0) is 41.8 Å². The monoisotopic (exact) mass is 377 g/mol. The first kappa shape index (κ1) is 16.3. The molecule has 5 rings (SSSR count). The van der Waals surface area contributed by atoms with Gasteiger partial charge in [-0.1, -0.05) is 29.4 Å². The number of likely N-dealkylation sites (tertiary alicyclic amines) is 1. The summed E-state index contributed by atoms with van der Waals surface area (Å²) in [5.74, 6) is 1.09. The number of hydrogen-bond acceptors (Lipinski definition) is 4. The summed E-state index contributed by atoms with van der Waals surface area (Å²) in [6, 6.07) is 14.1. The van der Waals surface area contributed by atoms with Gasteiger partial charge in [0.15, 0.2) is 11.5 Å². The van der Waals surface area contributed by atoms with Crippen molar-refractivity contribution in [2.45, 2.75) is 18.8 Å². The van der Waals surface area contributed by atoms with Gasteiger partial charge in [0.05, 0.1) is 4.88 Å². The normalized spacial score (nSPS) is 15.5. The number of thiophene rings is 1. The molecule has 4 heterocycles. The average Bonchev–Trinajstić information content (AvgIpc) is 3.47. The predicted molar refractivity (Wildman–Crippen MR) is 106 cm³/mol. The van der Waals surface area contributed by atoms with Crippen LogP contribution in [0.1, 0.15) is 34.8 Å². The van der Waals surface area contributed by atoms with E-state index in [9.17, 15) is 4.79 Å². The van der Waals surface area contributed by atoms with Crippen LogP contribution in [-0.4, -0.2) is 34.0 Å². The third-order valence-corrected chi connectivity index (χ3v) is 6.22. The van der Waals surface area contributed by atoms with Gasteiger partial charge in [-0.3, -0.25) is 4.79 Å². The number of amides is 1. The van der Waals surface area contributed by atoms with Crippen LogP contribution in [0.25, 0.3) is 21.5 Å². The highest BCUT2D eigenvalue weighted by Crippen LogP contribution is 2.33. The molecular weight excluding hydrogens is 358 g/mol. The van der Waals surface area contributed by atoms with Crippen LogP contribution in [0.4, 0.5) is 0 Å². The van der Waals surface area contributed by atoms with Crippen molar-refractivity contribution in [2.24, 2.45) is 0 Å². The third-order valence-electron chi connectivity index (χ3n) is 5.34. The van der Waals surface area contributed by atoms with Crippen molar-refractivity contribution in [2.75, 3.05) is 13.1 Å². The van der Waals surface area contributed by atoms with E-state index in [0.717, 1.165) is 30.8 Å². The first-order valence-corrected chi connectivity index (χ1v) is 10.0. The number of aromatic nitrogens is 2. The van der Waals surface area contributed by atoms with E-state index in [1.165, 1.54) is 16.5 Å². The Morgan fingerprint density at radius 1 is 1.19 bits per heavy atom. The van der Waals surface area contributed by atoms with E-state index in [4.69, 9.17) is 4.52 Å². The fourth-order valence-corrected chi connectivity index (χ4v) is 4.57. The van der Waals surface area contributed by atoms with Crippen molar-refractivity contribution >= 4 is 28.1 Å². The van der Waals surface area contributed by atoms with E-state index >= 15 is 0 Å². The van der Waals surface area contributed by atoms with Crippen LogP contribution in [0, 0.1) is 0 Å². The zero-order valence-corrected chi connectivity index (χ0v) is 15.5. The number of nitrogens with zero attached hydrogens (tertiary/aromatic N) is 2. The number of piperidine rings is 1. The molecule has 1 saturated heterocycles. The highest BCUT2D eigenvalue weighted by Gasteiger charge is 2.27. The van der Waals surface area contributed by atoms with Gasteiger partial charge in [-0.15, -0.1) is 11.3 Å². The second kappa shape index (κ2) is 6.70. The summed E-state index contributed by atoms with van der Waals surface area (Å²) in [6.45, 7) is 1.48. The largest absolute Gasteiger partial charge is 0.361 e. The standard InChI is InChI=1S/C21H19N3O2S/c25-21(18-12-19(26-23-18)20-6-3-11-27-20)24-9-7-14(8-10-24)16-13-22-17-5-2-1-4-15(16)17/h1-6,11-14,22H,7-10H2. The molecule has 5 nitrogen and oxygen atoms in total. The summed E-state index contributed by atoms with van der Waals surface area (Å²) in [5, 5.41) is 7.26. The summed E-state index contributed by atoms with van der Waals surface area (Å²) < 4.78 is 5.36. The second-order valence-corrected chi connectivity index (χ2v) is 7.86. The number of fused-ring (bicyclic) bond motifs is 1. The number of para-hydroxylation sites is 1. The van der Waals surface area contributed by atoms with Gasteiger partial charge in [0.2, 0.25) is 0 Å². The van der Waals surface area contributed by atoms with E-state index in [-0.39, 0.29) is 5.91 Å². The maximum Gasteiger partial charge on any atom is 0.276 e. The molecule has 27 heavy (non-hydrogen) atoms. The minimum atomic E-state index is -0.0427. The number of hydrogen-bond donors (Lipinski definition) is 1. The molecule has 6 heteroatoms. The number of carbonyl (C=O) groups excluding carboxylic acids is 1. The van der Waals surface area contributed by atoms with Gasteiger partial charge < -0.3 is 14.4 Å². The highest BCUT2D eigenvalue weighted by molar-refractivity contribution is 7.13. The maximum absolute atomic E-state index is 12.8. The zero-order valence-electron chi connectivity index (χ0n) is 14.7. The molecule has 1 aromatic carbocycles. The molecule has 3 aromatic heterocycles. The topological polar surface area (TPSA) is 62.1 Å². The molecule has 1 aliphatic heterocycles. The first-order chi connectivity index (χ1) is 13.3. The van der Waals surface area contributed by atoms with Gasteiger partial charge in [-0.2, -0.15) is 0 Å². The minimum Gasteiger partial charge on any atom is -0.361 e. The number of aromatic amines is 1. The molecular formula is C21H19N3O2S. The number of carbonyl (C=O) groups is 1. The molecule has 0 bridgehead atoms. The van der Waals surface area contributed by atoms with Crippen LogP contribution in [0.2, 0.25) is 0 Å². The highest BCUT2D eigenvalue weighted by atomic mass is 32.1. The Kier molecular flexibility index (Phi) is 4.05. The number of rotatable bonds is 3. The third kappa shape index (κ3) is 2.96. The zero-order chi connectivity index (χ0) is 18.2. The molecule has 0 aliphatic carbocycles. The number of benzene rings is 1. The molecule has 1 amide bonds.